The van der Waals surface area contributed by atoms with E-state index in [2.05, 4.69) is 30.8 Å². The third-order valence-electron chi connectivity index (χ3n) is 2.91. The van der Waals surface area contributed by atoms with E-state index in [9.17, 15) is 4.79 Å². The summed E-state index contributed by atoms with van der Waals surface area (Å²) in [5, 5.41) is 17.2. The monoisotopic (exact) mass is 274 g/mol. The molecule has 0 saturated carbocycles. The molecule has 0 spiro atoms. The summed E-state index contributed by atoms with van der Waals surface area (Å²) < 4.78 is 3.21. The minimum atomic E-state index is -0.275. The van der Waals surface area contributed by atoms with Crippen LogP contribution in [0.2, 0.25) is 0 Å². The average Bonchev–Trinajstić information content (AvgIpc) is 3.05. The van der Waals surface area contributed by atoms with E-state index in [0.29, 0.717) is 17.3 Å². The fourth-order valence-electron chi connectivity index (χ4n) is 2.00. The van der Waals surface area contributed by atoms with Crippen LogP contribution >= 0.6 is 0 Å². The van der Waals surface area contributed by atoms with Gasteiger partial charge in [0.05, 0.1) is 6.20 Å². The van der Waals surface area contributed by atoms with Crippen molar-refractivity contribution in [1.82, 2.24) is 34.6 Å². The molecule has 0 fully saturated rings. The predicted octanol–water partition coefficient (Wildman–Crippen LogP) is -0.180. The van der Waals surface area contributed by atoms with E-state index in [0.717, 1.165) is 19.5 Å². The Kier molecular flexibility index (Phi) is 3.15. The Morgan fingerprint density at radius 1 is 1.45 bits per heavy atom. The van der Waals surface area contributed by atoms with Gasteiger partial charge >= 0.3 is 5.69 Å². The van der Waals surface area contributed by atoms with Crippen LogP contribution in [-0.4, -0.2) is 41.1 Å². The highest BCUT2D eigenvalue weighted by Gasteiger charge is 2.06. The molecule has 0 atom stereocenters. The van der Waals surface area contributed by atoms with Crippen LogP contribution in [0.25, 0.3) is 5.65 Å². The third-order valence-corrected chi connectivity index (χ3v) is 2.91. The van der Waals surface area contributed by atoms with E-state index in [4.69, 9.17) is 0 Å². The van der Waals surface area contributed by atoms with Crippen molar-refractivity contribution in [2.45, 2.75) is 19.9 Å². The second kappa shape index (κ2) is 5.11. The summed E-state index contributed by atoms with van der Waals surface area (Å²) in [6.45, 7) is 3.30. The molecule has 0 unspecified atom stereocenters. The molecule has 0 bridgehead atoms. The second-order valence-electron chi connectivity index (χ2n) is 4.36. The molecule has 20 heavy (non-hydrogen) atoms. The van der Waals surface area contributed by atoms with Gasteiger partial charge in [0.2, 0.25) is 0 Å². The number of aromatic nitrogens is 7. The molecule has 0 amide bonds. The Morgan fingerprint density at radius 3 is 3.15 bits per heavy atom. The lowest BCUT2D eigenvalue weighted by Gasteiger charge is -2.07. The first kappa shape index (κ1) is 12.3. The molecule has 0 aliphatic carbocycles. The summed E-state index contributed by atoms with van der Waals surface area (Å²) in [4.78, 5) is 15.8. The lowest BCUT2D eigenvalue weighted by atomic mass is 10.4. The average molecular weight is 274 g/mol. The molecule has 3 rings (SSSR count). The molecule has 0 aromatic carbocycles. The predicted molar refractivity (Wildman–Crippen MR) is 71.5 cm³/mol. The van der Waals surface area contributed by atoms with Gasteiger partial charge in [-0.1, -0.05) is 5.21 Å². The maximum atomic E-state index is 11.5. The zero-order valence-corrected chi connectivity index (χ0v) is 10.9. The van der Waals surface area contributed by atoms with Gasteiger partial charge in [0.1, 0.15) is 11.6 Å². The van der Waals surface area contributed by atoms with Gasteiger partial charge < -0.3 is 5.32 Å². The van der Waals surface area contributed by atoms with Crippen molar-refractivity contribution in [3.8, 4) is 0 Å². The summed E-state index contributed by atoms with van der Waals surface area (Å²) in [6.07, 6.45) is 4.37. The number of nitrogens with one attached hydrogen (secondary N) is 2. The minimum Gasteiger partial charge on any atom is -0.370 e. The summed E-state index contributed by atoms with van der Waals surface area (Å²) in [5.41, 5.74) is 0.281. The summed E-state index contributed by atoms with van der Waals surface area (Å²) in [6, 6.07) is 1.74. The van der Waals surface area contributed by atoms with Crippen LogP contribution in [0.3, 0.4) is 0 Å². The van der Waals surface area contributed by atoms with Gasteiger partial charge in [0, 0.05) is 25.4 Å². The van der Waals surface area contributed by atoms with E-state index in [1.165, 1.54) is 4.40 Å². The molecular formula is C11H14N8O. The number of aryl methyl sites for hydroxylation is 2. The highest BCUT2D eigenvalue weighted by molar-refractivity contribution is 5.49. The Bertz CT molecular complexity index is 756. The fraction of sp³-hybridized carbons (Fsp3) is 0.364. The quantitative estimate of drug-likeness (QED) is 0.625. The first-order chi connectivity index (χ1) is 9.74. The SMILES string of the molecule is Cc1nc(NCCCn2ccnn2)cc2n[nH]c(=O)n12. The molecule has 2 N–H and O–H groups in total. The normalized spacial score (nSPS) is 11.1. The van der Waals surface area contributed by atoms with Gasteiger partial charge in [-0.05, 0) is 13.3 Å². The zero-order valence-electron chi connectivity index (χ0n) is 10.9. The van der Waals surface area contributed by atoms with E-state index in [1.807, 2.05) is 6.20 Å². The first-order valence-corrected chi connectivity index (χ1v) is 6.27. The van der Waals surface area contributed by atoms with Crippen LogP contribution in [0.15, 0.2) is 23.3 Å². The van der Waals surface area contributed by atoms with Crippen LogP contribution in [0.5, 0.6) is 0 Å². The number of anilines is 1. The van der Waals surface area contributed by atoms with E-state index in [-0.39, 0.29) is 5.69 Å². The molecular weight excluding hydrogens is 260 g/mol. The summed E-state index contributed by atoms with van der Waals surface area (Å²) >= 11 is 0. The largest absolute Gasteiger partial charge is 0.370 e. The number of aromatic amines is 1. The highest BCUT2D eigenvalue weighted by Crippen LogP contribution is 2.07. The van der Waals surface area contributed by atoms with Crippen molar-refractivity contribution in [3.63, 3.8) is 0 Å². The molecule has 3 heterocycles. The van der Waals surface area contributed by atoms with Gasteiger partial charge in [0.25, 0.3) is 0 Å². The molecule has 9 heteroatoms. The van der Waals surface area contributed by atoms with Gasteiger partial charge in [-0.25, -0.2) is 19.3 Å². The van der Waals surface area contributed by atoms with Crippen LogP contribution < -0.4 is 11.0 Å². The van der Waals surface area contributed by atoms with E-state index < -0.39 is 0 Å². The van der Waals surface area contributed by atoms with Gasteiger partial charge in [-0.2, -0.15) is 5.10 Å². The molecule has 0 saturated heterocycles. The van der Waals surface area contributed by atoms with Crippen molar-refractivity contribution >= 4 is 11.5 Å². The Balaban J connectivity index is 1.64. The van der Waals surface area contributed by atoms with Crippen LogP contribution in [0.4, 0.5) is 5.82 Å². The Hall–Kier alpha value is -2.71. The molecule has 3 aromatic rings. The van der Waals surface area contributed by atoms with Crippen molar-refractivity contribution in [2.75, 3.05) is 11.9 Å². The van der Waals surface area contributed by atoms with Crippen molar-refractivity contribution in [1.29, 1.82) is 0 Å². The van der Waals surface area contributed by atoms with Crippen molar-refractivity contribution < 1.29 is 0 Å². The molecule has 3 aromatic heterocycles. The number of hydrogen-bond donors (Lipinski definition) is 2. The van der Waals surface area contributed by atoms with Gasteiger partial charge in [-0.3, -0.25) is 4.68 Å². The molecule has 0 aliphatic heterocycles. The van der Waals surface area contributed by atoms with E-state index >= 15 is 0 Å². The van der Waals surface area contributed by atoms with Crippen LogP contribution in [-0.2, 0) is 6.54 Å². The van der Waals surface area contributed by atoms with Crippen molar-refractivity contribution in [2.24, 2.45) is 0 Å². The fourth-order valence-corrected chi connectivity index (χ4v) is 2.00. The highest BCUT2D eigenvalue weighted by atomic mass is 16.1. The topological polar surface area (TPSA) is 106 Å². The number of rotatable bonds is 5. The Labute approximate surface area is 113 Å². The zero-order chi connectivity index (χ0) is 13.9. The molecule has 9 nitrogen and oxygen atoms in total. The molecule has 0 aliphatic rings. The van der Waals surface area contributed by atoms with Gasteiger partial charge in [-0.15, -0.1) is 5.10 Å². The third kappa shape index (κ3) is 2.37. The second-order valence-corrected chi connectivity index (χ2v) is 4.36. The van der Waals surface area contributed by atoms with Gasteiger partial charge in [0.15, 0.2) is 5.65 Å². The number of nitrogens with zero attached hydrogens (tertiary/aromatic N) is 6. The lowest BCUT2D eigenvalue weighted by molar-refractivity contribution is 0.569. The summed E-state index contributed by atoms with van der Waals surface area (Å²) in [5.74, 6) is 1.30. The first-order valence-electron chi connectivity index (χ1n) is 6.27. The maximum absolute atomic E-state index is 11.5. The molecule has 0 radical (unpaired) electrons. The van der Waals surface area contributed by atoms with E-state index in [1.54, 1.807) is 23.9 Å². The number of H-pyrrole nitrogens is 1. The smallest absolute Gasteiger partial charge is 0.349 e. The number of hydrogen-bond acceptors (Lipinski definition) is 6. The molecule has 104 valence electrons. The Morgan fingerprint density at radius 2 is 2.35 bits per heavy atom. The maximum Gasteiger partial charge on any atom is 0.349 e. The minimum absolute atomic E-state index is 0.275. The van der Waals surface area contributed by atoms with Crippen LogP contribution in [0, 0.1) is 6.92 Å². The number of fused-ring (bicyclic) bond motifs is 1. The lowest BCUT2D eigenvalue weighted by Crippen LogP contribution is -2.14. The van der Waals surface area contributed by atoms with Crippen LogP contribution in [0.1, 0.15) is 12.2 Å². The standard InChI is InChI=1S/C11H14N8O/c1-8-14-9(7-10-15-16-11(20)19(8)10)12-3-2-5-18-6-4-13-17-18/h4,6-7,12H,2-3,5H2,1H3,(H,16,20). The summed E-state index contributed by atoms with van der Waals surface area (Å²) in [7, 11) is 0. The van der Waals surface area contributed by atoms with Crippen molar-refractivity contribution in [3.05, 3.63) is 34.8 Å².